The van der Waals surface area contributed by atoms with Crippen LogP contribution in [0.25, 0.3) is 0 Å². The van der Waals surface area contributed by atoms with Gasteiger partial charge in [0, 0.05) is 13.3 Å². The average Bonchev–Trinajstić information content (AvgIpc) is 2.88. The van der Waals surface area contributed by atoms with E-state index < -0.39 is 68.8 Å². The van der Waals surface area contributed by atoms with Gasteiger partial charge in [0.15, 0.2) is 17.9 Å². The van der Waals surface area contributed by atoms with Crippen LogP contribution in [0.1, 0.15) is 13.8 Å². The molecule has 0 bridgehead atoms. The summed E-state index contributed by atoms with van der Waals surface area (Å²) in [6.07, 6.45) is -2.14. The first-order chi connectivity index (χ1) is 14.3. The summed E-state index contributed by atoms with van der Waals surface area (Å²) in [7, 11) is -7.14. The van der Waals surface area contributed by atoms with Gasteiger partial charge in [0.2, 0.25) is 0 Å². The molecule has 0 aromatic rings. The highest BCUT2D eigenvalue weighted by Gasteiger charge is 2.53. The van der Waals surface area contributed by atoms with Crippen LogP contribution < -0.4 is 0 Å². The second-order valence-corrected chi connectivity index (χ2v) is 9.54. The van der Waals surface area contributed by atoms with E-state index in [1.807, 2.05) is 0 Å². The third-order valence-electron chi connectivity index (χ3n) is 3.93. The number of esters is 2. The van der Waals surface area contributed by atoms with E-state index in [-0.39, 0.29) is 13.2 Å². The minimum Gasteiger partial charge on any atom is -0.462 e. The summed E-state index contributed by atoms with van der Waals surface area (Å²) in [4.78, 5) is 25.6. The molecular formula is C16H27NO12S2. The molecule has 15 heteroatoms. The fourth-order valence-corrected chi connectivity index (χ4v) is 4.16. The fourth-order valence-electron chi connectivity index (χ4n) is 2.91. The summed E-state index contributed by atoms with van der Waals surface area (Å²) in [6, 6.07) is -1.29. The van der Waals surface area contributed by atoms with Crippen LogP contribution in [0.4, 0.5) is 0 Å². The number of aliphatic hydroxyl groups is 1. The molecule has 0 aliphatic carbocycles. The molecule has 0 amide bonds. The van der Waals surface area contributed by atoms with Crippen LogP contribution in [0.5, 0.6) is 0 Å². The molecule has 0 radical (unpaired) electrons. The van der Waals surface area contributed by atoms with Gasteiger partial charge in [0.05, 0.1) is 38.4 Å². The molecule has 1 rings (SSSR count). The fraction of sp³-hybridized carbons (Fsp3) is 0.750. The second-order valence-electron chi connectivity index (χ2n) is 6.34. The van der Waals surface area contributed by atoms with E-state index in [4.69, 9.17) is 22.6 Å². The van der Waals surface area contributed by atoms with Crippen LogP contribution in [-0.4, -0.2) is 103 Å². The lowest BCUT2D eigenvalue weighted by Gasteiger charge is -2.28. The topological polar surface area (TPSA) is 172 Å². The summed E-state index contributed by atoms with van der Waals surface area (Å²) in [6.45, 7) is 2.12. The first-order valence-electron chi connectivity index (χ1n) is 9.03. The predicted octanol–water partition coefficient (Wildman–Crippen LogP) is -1.66. The minimum absolute atomic E-state index is 0.0632. The van der Waals surface area contributed by atoms with Gasteiger partial charge in [-0.05, 0) is 13.8 Å². The molecule has 0 aromatic carbocycles. The van der Waals surface area contributed by atoms with Gasteiger partial charge in [-0.2, -0.15) is 16.8 Å². The Morgan fingerprint density at radius 2 is 1.39 bits per heavy atom. The van der Waals surface area contributed by atoms with Gasteiger partial charge in [-0.25, -0.2) is 9.59 Å². The molecule has 1 heterocycles. The van der Waals surface area contributed by atoms with Gasteiger partial charge >= 0.3 is 11.9 Å². The first-order valence-corrected chi connectivity index (χ1v) is 12.7. The van der Waals surface area contributed by atoms with Gasteiger partial charge < -0.3 is 24.2 Å². The second kappa shape index (κ2) is 11.2. The summed E-state index contributed by atoms with van der Waals surface area (Å²) in [5.74, 6) is -2.11. The van der Waals surface area contributed by atoms with Crippen LogP contribution in [0.2, 0.25) is 0 Å². The molecule has 1 N–H and O–H groups in total. The smallest absolute Gasteiger partial charge is 0.347 e. The first kappa shape index (κ1) is 27.3. The predicted molar refractivity (Wildman–Crippen MR) is 104 cm³/mol. The zero-order valence-corrected chi connectivity index (χ0v) is 19.3. The number of carbonyl (C=O) groups excluding carboxylic acids is 2. The lowest BCUT2D eigenvalue weighted by molar-refractivity contribution is -0.147. The van der Waals surface area contributed by atoms with Crippen LogP contribution in [0.3, 0.4) is 0 Å². The van der Waals surface area contributed by atoms with Crippen LogP contribution in [0, 0.1) is 0 Å². The Hall–Kier alpha value is -1.78. The Kier molecular flexibility index (Phi) is 9.84. The SMILES string of the molecule is CCOC(=O)C(=CN1[C@@H](CO)[C@H](OS(C)(=O)=O)[C@@H](OS(C)(=O)=O)[C@@H]1OC)C(=O)OCC. The number of likely N-dealkylation sites (tertiary alicyclic amines) is 1. The molecule has 0 unspecified atom stereocenters. The molecule has 1 aliphatic rings. The van der Waals surface area contributed by atoms with E-state index in [0.717, 1.165) is 30.7 Å². The number of hydrogen-bond donors (Lipinski definition) is 1. The van der Waals surface area contributed by atoms with Crippen molar-refractivity contribution in [1.82, 2.24) is 4.90 Å². The van der Waals surface area contributed by atoms with Crippen molar-refractivity contribution in [2.75, 3.05) is 39.4 Å². The molecule has 1 fully saturated rings. The Bertz CT molecular complexity index is 814. The number of methoxy groups -OCH3 is 1. The maximum Gasteiger partial charge on any atom is 0.347 e. The van der Waals surface area contributed by atoms with Crippen molar-refractivity contribution in [1.29, 1.82) is 0 Å². The largest absolute Gasteiger partial charge is 0.462 e. The molecule has 1 aliphatic heterocycles. The Balaban J connectivity index is 3.59. The van der Waals surface area contributed by atoms with Gasteiger partial charge in [0.1, 0.15) is 6.10 Å². The number of aliphatic hydroxyl groups excluding tert-OH is 1. The maximum absolute atomic E-state index is 12.3. The molecule has 0 spiro atoms. The zero-order chi connectivity index (χ0) is 24.0. The molecule has 31 heavy (non-hydrogen) atoms. The standard InChI is InChI=1S/C16H27NO12S2/c1-6-26-15(19)10(16(20)27-7-2)8-17-11(9-18)12(28-30(4,21)22)13(14(17)25-3)29-31(5,23)24/h8,11-14,18H,6-7,9H2,1-5H3/t11-,12-,13+,14-/m0/s1. The highest BCUT2D eigenvalue weighted by molar-refractivity contribution is 7.86. The quantitative estimate of drug-likeness (QED) is 0.115. The molecular weight excluding hydrogens is 462 g/mol. The van der Waals surface area contributed by atoms with Crippen molar-refractivity contribution in [3.05, 3.63) is 11.8 Å². The van der Waals surface area contributed by atoms with Crippen molar-refractivity contribution in [2.24, 2.45) is 0 Å². The molecule has 13 nitrogen and oxygen atoms in total. The Morgan fingerprint density at radius 3 is 1.74 bits per heavy atom. The average molecular weight is 490 g/mol. The third kappa shape index (κ3) is 7.69. The number of nitrogens with zero attached hydrogens (tertiary/aromatic N) is 1. The summed E-state index contributed by atoms with van der Waals surface area (Å²) in [5.41, 5.74) is -0.595. The van der Waals surface area contributed by atoms with E-state index in [1.165, 1.54) is 13.8 Å². The van der Waals surface area contributed by atoms with Crippen molar-refractivity contribution in [3.63, 3.8) is 0 Å². The van der Waals surface area contributed by atoms with E-state index in [9.17, 15) is 31.5 Å². The van der Waals surface area contributed by atoms with E-state index >= 15 is 0 Å². The monoisotopic (exact) mass is 489 g/mol. The number of ether oxygens (including phenoxy) is 3. The van der Waals surface area contributed by atoms with Crippen LogP contribution in [-0.2, 0) is 52.4 Å². The van der Waals surface area contributed by atoms with Gasteiger partial charge in [-0.15, -0.1) is 0 Å². The van der Waals surface area contributed by atoms with Crippen molar-refractivity contribution in [2.45, 2.75) is 38.3 Å². The lowest BCUT2D eigenvalue weighted by atomic mass is 10.1. The number of hydrogen-bond acceptors (Lipinski definition) is 13. The van der Waals surface area contributed by atoms with E-state index in [2.05, 4.69) is 0 Å². The minimum atomic E-state index is -4.14. The summed E-state index contributed by atoms with van der Waals surface area (Å²) >= 11 is 0. The molecule has 0 saturated carbocycles. The number of rotatable bonds is 11. The summed E-state index contributed by atoms with van der Waals surface area (Å²) < 4.78 is 71.8. The maximum atomic E-state index is 12.3. The zero-order valence-electron chi connectivity index (χ0n) is 17.7. The van der Waals surface area contributed by atoms with Crippen LogP contribution in [0.15, 0.2) is 11.8 Å². The molecule has 1 saturated heterocycles. The van der Waals surface area contributed by atoms with Crippen molar-refractivity contribution in [3.8, 4) is 0 Å². The van der Waals surface area contributed by atoms with E-state index in [0.29, 0.717) is 0 Å². The van der Waals surface area contributed by atoms with Gasteiger partial charge in [0.25, 0.3) is 20.2 Å². The lowest BCUT2D eigenvalue weighted by Crippen LogP contribution is -2.41. The van der Waals surface area contributed by atoms with Crippen molar-refractivity contribution >= 4 is 32.2 Å². The Labute approximate surface area is 181 Å². The highest BCUT2D eigenvalue weighted by atomic mass is 32.2. The van der Waals surface area contributed by atoms with Gasteiger partial charge in [-0.1, -0.05) is 0 Å². The molecule has 0 aromatic heterocycles. The Morgan fingerprint density at radius 1 is 0.935 bits per heavy atom. The van der Waals surface area contributed by atoms with Gasteiger partial charge in [-0.3, -0.25) is 8.37 Å². The number of carbonyl (C=O) groups is 2. The summed E-state index contributed by atoms with van der Waals surface area (Å²) in [5, 5.41) is 9.89. The van der Waals surface area contributed by atoms with Crippen molar-refractivity contribution < 1.29 is 54.1 Å². The highest BCUT2D eigenvalue weighted by Crippen LogP contribution is 2.33. The van der Waals surface area contributed by atoms with E-state index in [1.54, 1.807) is 0 Å². The normalized spacial score (nSPS) is 24.0. The molecule has 4 atom stereocenters. The van der Waals surface area contributed by atoms with Crippen LogP contribution >= 0.6 is 0 Å². The molecule has 180 valence electrons. The third-order valence-corrected chi connectivity index (χ3v) is 5.07.